The van der Waals surface area contributed by atoms with Crippen LogP contribution in [0.5, 0.6) is 5.88 Å². The lowest BCUT2D eigenvalue weighted by molar-refractivity contribution is 0.449. The van der Waals surface area contributed by atoms with Crippen LogP contribution in [-0.2, 0) is 0 Å². The Bertz CT molecular complexity index is 661. The Kier molecular flexibility index (Phi) is 3.06. The number of H-pyrrole nitrogens is 2. The molecule has 2 rings (SSSR count). The summed E-state index contributed by atoms with van der Waals surface area (Å²) in [5, 5.41) is 9.48. The molecule has 0 amide bonds. The predicted molar refractivity (Wildman–Crippen MR) is 63.2 cm³/mol. The maximum Gasteiger partial charge on any atom is 0.264 e. The van der Waals surface area contributed by atoms with Gasteiger partial charge < -0.3 is 10.1 Å². The number of aliphatic imine (C=N–C) groups is 1. The minimum Gasteiger partial charge on any atom is -0.494 e. The molecule has 0 spiro atoms. The third-order valence-electron chi connectivity index (χ3n) is 1.82. The van der Waals surface area contributed by atoms with Crippen LogP contribution in [0.15, 0.2) is 28.2 Å². The highest BCUT2D eigenvalue weighted by Gasteiger charge is 2.04. The second kappa shape index (κ2) is 4.66. The highest BCUT2D eigenvalue weighted by Crippen LogP contribution is 2.06. The molecule has 0 saturated heterocycles. The first-order valence-corrected chi connectivity index (χ1v) is 4.94. The number of rotatable bonds is 2. The maximum absolute atomic E-state index is 11.4. The minimum absolute atomic E-state index is 0.0361. The summed E-state index contributed by atoms with van der Waals surface area (Å²) in [5.41, 5.74) is -0.572. The number of hydrogen-bond donors (Lipinski definition) is 3. The average molecular weight is 249 g/mol. The molecule has 2 aromatic rings. The third-order valence-corrected chi connectivity index (χ3v) is 2.02. The average Bonchev–Trinajstić information content (AvgIpc) is 2.29. The van der Waals surface area contributed by atoms with E-state index in [0.29, 0.717) is 0 Å². The Balaban J connectivity index is 2.41. The maximum atomic E-state index is 11.4. The molecule has 0 aliphatic rings. The number of aromatic amines is 2. The van der Waals surface area contributed by atoms with Crippen molar-refractivity contribution in [1.82, 2.24) is 19.9 Å². The van der Waals surface area contributed by atoms with E-state index < -0.39 is 5.56 Å². The van der Waals surface area contributed by atoms with Gasteiger partial charge in [-0.3, -0.25) is 9.78 Å². The van der Waals surface area contributed by atoms with Crippen LogP contribution in [0.2, 0.25) is 0 Å². The molecule has 2 aromatic heterocycles. The van der Waals surface area contributed by atoms with Crippen molar-refractivity contribution < 1.29 is 5.11 Å². The van der Waals surface area contributed by atoms with Crippen LogP contribution in [0, 0.1) is 4.77 Å². The summed E-state index contributed by atoms with van der Waals surface area (Å²) in [7, 11) is 0. The fraction of sp³-hybridized carbons (Fsp3) is 0. The summed E-state index contributed by atoms with van der Waals surface area (Å²) < 4.78 is 0.0422. The summed E-state index contributed by atoms with van der Waals surface area (Å²) >= 11 is 4.68. The Hall–Kier alpha value is -2.35. The summed E-state index contributed by atoms with van der Waals surface area (Å²) in [5.74, 6) is -0.160. The summed E-state index contributed by atoms with van der Waals surface area (Å²) in [4.78, 5) is 27.7. The van der Waals surface area contributed by atoms with Crippen molar-refractivity contribution in [2.45, 2.75) is 0 Å². The van der Waals surface area contributed by atoms with E-state index in [4.69, 9.17) is 0 Å². The molecule has 0 aliphatic heterocycles. The van der Waals surface area contributed by atoms with E-state index in [9.17, 15) is 9.90 Å². The van der Waals surface area contributed by atoms with Gasteiger partial charge >= 0.3 is 0 Å². The van der Waals surface area contributed by atoms with Gasteiger partial charge in [0.15, 0.2) is 4.77 Å². The summed E-state index contributed by atoms with van der Waals surface area (Å²) in [6.07, 6.45) is 4.19. The molecule has 2 heterocycles. The van der Waals surface area contributed by atoms with Gasteiger partial charge in [-0.15, -0.1) is 0 Å². The molecule has 0 bridgehead atoms. The van der Waals surface area contributed by atoms with Gasteiger partial charge in [0.2, 0.25) is 11.8 Å². The van der Waals surface area contributed by atoms with Crippen LogP contribution in [0.4, 0.5) is 5.95 Å². The van der Waals surface area contributed by atoms with Crippen molar-refractivity contribution in [2.75, 3.05) is 0 Å². The number of nitrogens with zero attached hydrogens (tertiary/aromatic N) is 3. The van der Waals surface area contributed by atoms with E-state index in [0.717, 1.165) is 6.21 Å². The lowest BCUT2D eigenvalue weighted by Crippen LogP contribution is -2.13. The molecule has 0 atom stereocenters. The number of hydrogen-bond acceptors (Lipinski definition) is 6. The van der Waals surface area contributed by atoms with Gasteiger partial charge in [0.25, 0.3) is 5.56 Å². The Labute approximate surface area is 99.9 Å². The van der Waals surface area contributed by atoms with Crippen LogP contribution in [-0.4, -0.2) is 31.3 Å². The van der Waals surface area contributed by atoms with Crippen molar-refractivity contribution in [2.24, 2.45) is 4.99 Å². The molecule has 0 saturated carbocycles. The molecule has 0 aromatic carbocycles. The van der Waals surface area contributed by atoms with E-state index >= 15 is 0 Å². The molecule has 8 heteroatoms. The zero-order valence-electron chi connectivity index (χ0n) is 8.41. The zero-order chi connectivity index (χ0) is 12.3. The molecule has 3 N–H and O–H groups in total. The second-order valence-electron chi connectivity index (χ2n) is 2.98. The SMILES string of the molecule is O=c1[nH]c(=S)[nH]c(O)c1C=Nc1ncccn1. The molecule has 0 unspecified atom stereocenters. The molecule has 86 valence electrons. The van der Waals surface area contributed by atoms with Crippen molar-refractivity contribution in [3.8, 4) is 5.88 Å². The molecule has 7 nitrogen and oxygen atoms in total. The second-order valence-corrected chi connectivity index (χ2v) is 3.39. The van der Waals surface area contributed by atoms with E-state index in [1.54, 1.807) is 6.07 Å². The van der Waals surface area contributed by atoms with E-state index in [1.165, 1.54) is 12.4 Å². The van der Waals surface area contributed by atoms with Crippen LogP contribution in [0.3, 0.4) is 0 Å². The smallest absolute Gasteiger partial charge is 0.264 e. The molecule has 17 heavy (non-hydrogen) atoms. The van der Waals surface area contributed by atoms with Crippen molar-refractivity contribution in [3.05, 3.63) is 39.1 Å². The molecular formula is C9H7N5O2S. The topological polar surface area (TPSA) is 107 Å². The summed E-state index contributed by atoms with van der Waals surface area (Å²) in [6, 6.07) is 1.64. The molecule has 0 fully saturated rings. The number of aromatic nitrogens is 4. The molecule has 0 aliphatic carbocycles. The van der Waals surface area contributed by atoms with Gasteiger partial charge in [-0.2, -0.15) is 0 Å². The van der Waals surface area contributed by atoms with Crippen LogP contribution in [0.25, 0.3) is 0 Å². The highest BCUT2D eigenvalue weighted by molar-refractivity contribution is 7.71. The van der Waals surface area contributed by atoms with Crippen molar-refractivity contribution in [1.29, 1.82) is 0 Å². The van der Waals surface area contributed by atoms with Crippen LogP contribution >= 0.6 is 12.2 Å². The highest BCUT2D eigenvalue weighted by atomic mass is 32.1. The van der Waals surface area contributed by atoms with Gasteiger partial charge in [0.1, 0.15) is 5.56 Å². The molecular weight excluding hydrogens is 242 g/mol. The minimum atomic E-state index is -0.536. The monoisotopic (exact) mass is 249 g/mol. The zero-order valence-corrected chi connectivity index (χ0v) is 9.23. The lowest BCUT2D eigenvalue weighted by Gasteiger charge is -1.96. The van der Waals surface area contributed by atoms with Gasteiger partial charge in [-0.1, -0.05) is 0 Å². The summed E-state index contributed by atoms with van der Waals surface area (Å²) in [6.45, 7) is 0. The van der Waals surface area contributed by atoms with Gasteiger partial charge in [-0.05, 0) is 18.3 Å². The molecule has 0 radical (unpaired) electrons. The van der Waals surface area contributed by atoms with Crippen molar-refractivity contribution in [3.63, 3.8) is 0 Å². The Morgan fingerprint density at radius 2 is 2.06 bits per heavy atom. The van der Waals surface area contributed by atoms with Crippen LogP contribution < -0.4 is 5.56 Å². The normalized spacial score (nSPS) is 10.8. The quantitative estimate of drug-likeness (QED) is 0.536. The van der Waals surface area contributed by atoms with E-state index in [2.05, 4.69) is 37.1 Å². The predicted octanol–water partition coefficient (Wildman–Crippen LogP) is 0.679. The fourth-order valence-corrected chi connectivity index (χ4v) is 1.27. The number of aromatic hydroxyl groups is 1. The Morgan fingerprint density at radius 1 is 1.35 bits per heavy atom. The van der Waals surface area contributed by atoms with Gasteiger partial charge in [0, 0.05) is 18.6 Å². The first-order chi connectivity index (χ1) is 8.16. The van der Waals surface area contributed by atoms with Gasteiger partial charge in [-0.25, -0.2) is 15.0 Å². The third kappa shape index (κ3) is 2.61. The first kappa shape index (κ1) is 11.1. The van der Waals surface area contributed by atoms with E-state index in [1.807, 2.05) is 0 Å². The van der Waals surface area contributed by atoms with E-state index in [-0.39, 0.29) is 22.2 Å². The lowest BCUT2D eigenvalue weighted by atomic mass is 10.3. The largest absolute Gasteiger partial charge is 0.494 e. The Morgan fingerprint density at radius 3 is 2.71 bits per heavy atom. The fourth-order valence-electron chi connectivity index (χ4n) is 1.08. The van der Waals surface area contributed by atoms with Crippen LogP contribution in [0.1, 0.15) is 5.56 Å². The first-order valence-electron chi connectivity index (χ1n) is 4.53. The van der Waals surface area contributed by atoms with Gasteiger partial charge in [0.05, 0.1) is 0 Å². The number of nitrogens with one attached hydrogen (secondary N) is 2. The standard InChI is InChI=1S/C9H7N5O2S/c15-6-5(7(16)14-9(17)13-6)4-12-8-10-2-1-3-11-8/h1-4H,(H3,13,14,15,16,17). The van der Waals surface area contributed by atoms with Crippen molar-refractivity contribution >= 4 is 24.4 Å².